The first kappa shape index (κ1) is 15.0. The molecule has 1 aliphatic heterocycles. The zero-order chi connectivity index (χ0) is 14.7. The molecule has 0 amide bonds. The second-order valence-corrected chi connectivity index (χ2v) is 6.41. The first-order valence-corrected chi connectivity index (χ1v) is 8.46. The van der Waals surface area contributed by atoms with Crippen molar-refractivity contribution in [3.8, 4) is 0 Å². The Balaban J connectivity index is 1.86. The number of nitrogens with two attached hydrogens (primary N) is 1. The maximum Gasteiger partial charge on any atom is 0.0721 e. The van der Waals surface area contributed by atoms with Crippen LogP contribution in [0.15, 0.2) is 24.3 Å². The van der Waals surface area contributed by atoms with E-state index in [-0.39, 0.29) is 0 Å². The highest BCUT2D eigenvalue weighted by atomic mass is 16.5. The summed E-state index contributed by atoms with van der Waals surface area (Å²) in [5, 5.41) is 0. The van der Waals surface area contributed by atoms with Gasteiger partial charge in [-0.05, 0) is 43.0 Å². The highest BCUT2D eigenvalue weighted by molar-refractivity contribution is 5.31. The Bertz CT molecular complexity index is 462. The van der Waals surface area contributed by atoms with Crippen LogP contribution in [0.1, 0.15) is 49.8 Å². The minimum atomic E-state index is 0.400. The molecule has 0 bridgehead atoms. The van der Waals surface area contributed by atoms with E-state index >= 15 is 0 Å². The van der Waals surface area contributed by atoms with Gasteiger partial charge in [-0.25, -0.2) is 0 Å². The van der Waals surface area contributed by atoms with E-state index in [1.807, 2.05) is 0 Å². The van der Waals surface area contributed by atoms with Crippen LogP contribution in [-0.2, 0) is 11.3 Å². The van der Waals surface area contributed by atoms with E-state index in [4.69, 9.17) is 10.5 Å². The number of hydrogen-bond donors (Lipinski definition) is 1. The van der Waals surface area contributed by atoms with Crippen LogP contribution in [0.2, 0.25) is 0 Å². The summed E-state index contributed by atoms with van der Waals surface area (Å²) in [5.74, 6) is 0.646. The van der Waals surface area contributed by atoms with Crippen molar-refractivity contribution >= 4 is 0 Å². The van der Waals surface area contributed by atoms with Gasteiger partial charge >= 0.3 is 0 Å². The van der Waals surface area contributed by atoms with Crippen LogP contribution in [0.25, 0.3) is 0 Å². The van der Waals surface area contributed by atoms with Crippen molar-refractivity contribution in [2.75, 3.05) is 19.7 Å². The van der Waals surface area contributed by atoms with Crippen LogP contribution in [-0.4, -0.2) is 30.6 Å². The Kier molecular flexibility index (Phi) is 4.94. The summed E-state index contributed by atoms with van der Waals surface area (Å²) < 4.78 is 5.88. The largest absolute Gasteiger partial charge is 0.375 e. The number of likely N-dealkylation sites (N-methyl/N-ethyl adjacent to an activating group) is 1. The molecule has 1 aliphatic carbocycles. The van der Waals surface area contributed by atoms with Crippen molar-refractivity contribution in [2.45, 2.75) is 51.3 Å². The van der Waals surface area contributed by atoms with Gasteiger partial charge < -0.3 is 10.5 Å². The molecule has 2 N–H and O–H groups in total. The number of nitrogens with zero attached hydrogens (tertiary/aromatic N) is 1. The number of ether oxygens (including phenoxy) is 1. The number of hydrogen-bond acceptors (Lipinski definition) is 3. The molecule has 21 heavy (non-hydrogen) atoms. The molecule has 1 heterocycles. The number of rotatable bonds is 4. The second kappa shape index (κ2) is 6.91. The average Bonchev–Trinajstić information content (AvgIpc) is 2.56. The molecule has 3 atom stereocenters. The molecule has 1 saturated carbocycles. The van der Waals surface area contributed by atoms with E-state index in [1.54, 1.807) is 0 Å². The van der Waals surface area contributed by atoms with Crippen molar-refractivity contribution in [3.63, 3.8) is 0 Å². The minimum absolute atomic E-state index is 0.400. The summed E-state index contributed by atoms with van der Waals surface area (Å²) in [5.41, 5.74) is 8.87. The fraction of sp³-hybridized carbons (Fsp3) is 0.667. The summed E-state index contributed by atoms with van der Waals surface area (Å²) in [6.45, 7) is 5.74. The molecule has 2 aliphatic rings. The van der Waals surface area contributed by atoms with E-state index in [0.717, 1.165) is 26.3 Å². The van der Waals surface area contributed by atoms with Crippen LogP contribution < -0.4 is 5.73 Å². The predicted molar refractivity (Wildman–Crippen MR) is 86.0 cm³/mol. The van der Waals surface area contributed by atoms with Gasteiger partial charge in [-0.2, -0.15) is 0 Å². The van der Waals surface area contributed by atoms with Gasteiger partial charge in [0.15, 0.2) is 0 Å². The molecular weight excluding hydrogens is 260 g/mol. The normalized spacial score (nSPS) is 29.4. The molecule has 0 saturated heterocycles. The van der Waals surface area contributed by atoms with Gasteiger partial charge in [0.05, 0.1) is 19.3 Å². The van der Waals surface area contributed by atoms with Crippen molar-refractivity contribution in [1.82, 2.24) is 4.90 Å². The molecule has 3 heteroatoms. The first-order chi connectivity index (χ1) is 10.3. The molecule has 1 aromatic carbocycles. The molecule has 116 valence electrons. The topological polar surface area (TPSA) is 38.5 Å². The maximum atomic E-state index is 6.05. The van der Waals surface area contributed by atoms with E-state index in [0.29, 0.717) is 18.0 Å². The molecule has 0 spiro atoms. The summed E-state index contributed by atoms with van der Waals surface area (Å²) >= 11 is 0. The molecule has 0 radical (unpaired) electrons. The Morgan fingerprint density at radius 2 is 2.05 bits per heavy atom. The van der Waals surface area contributed by atoms with Gasteiger partial charge in [-0.3, -0.25) is 4.90 Å². The second-order valence-electron chi connectivity index (χ2n) is 6.41. The van der Waals surface area contributed by atoms with Crippen LogP contribution in [0.5, 0.6) is 0 Å². The van der Waals surface area contributed by atoms with Gasteiger partial charge in [-0.1, -0.05) is 44.0 Å². The Morgan fingerprint density at radius 1 is 1.24 bits per heavy atom. The quantitative estimate of drug-likeness (QED) is 0.925. The number of fused-ring (bicyclic) bond motifs is 1. The van der Waals surface area contributed by atoms with Gasteiger partial charge in [0.2, 0.25) is 0 Å². The lowest BCUT2D eigenvalue weighted by Crippen LogP contribution is -2.48. The van der Waals surface area contributed by atoms with E-state index in [9.17, 15) is 0 Å². The minimum Gasteiger partial charge on any atom is -0.375 e. The van der Waals surface area contributed by atoms with Gasteiger partial charge in [0, 0.05) is 6.04 Å². The van der Waals surface area contributed by atoms with Crippen LogP contribution >= 0.6 is 0 Å². The molecule has 3 rings (SSSR count). The summed E-state index contributed by atoms with van der Waals surface area (Å²) in [6.07, 6.45) is 5.25. The van der Waals surface area contributed by atoms with Crippen molar-refractivity contribution in [3.05, 3.63) is 35.4 Å². The van der Waals surface area contributed by atoms with Crippen LogP contribution in [0.3, 0.4) is 0 Å². The van der Waals surface area contributed by atoms with E-state index in [2.05, 4.69) is 36.1 Å². The average molecular weight is 288 g/mol. The fourth-order valence-electron chi connectivity index (χ4n) is 4.22. The SMILES string of the molecule is CCN(C1COCc2ccccc21)C1CCCCC1CN. The lowest BCUT2D eigenvalue weighted by atomic mass is 9.82. The molecular formula is C18H28N2O. The van der Waals surface area contributed by atoms with Gasteiger partial charge in [0.1, 0.15) is 0 Å². The smallest absolute Gasteiger partial charge is 0.0721 e. The molecule has 3 unspecified atom stereocenters. The maximum absolute atomic E-state index is 6.05. The van der Waals surface area contributed by atoms with Crippen molar-refractivity contribution in [2.24, 2.45) is 11.7 Å². The lowest BCUT2D eigenvalue weighted by molar-refractivity contribution is -0.00566. The molecule has 1 aromatic rings. The zero-order valence-corrected chi connectivity index (χ0v) is 13.1. The third-order valence-electron chi connectivity index (χ3n) is 5.31. The molecule has 1 fully saturated rings. The lowest BCUT2D eigenvalue weighted by Gasteiger charge is -2.45. The zero-order valence-electron chi connectivity index (χ0n) is 13.1. The van der Waals surface area contributed by atoms with E-state index < -0.39 is 0 Å². The summed E-state index contributed by atoms with van der Waals surface area (Å²) in [7, 11) is 0. The highest BCUT2D eigenvalue weighted by Crippen LogP contribution is 2.36. The fourth-order valence-corrected chi connectivity index (χ4v) is 4.22. The third-order valence-corrected chi connectivity index (χ3v) is 5.31. The van der Waals surface area contributed by atoms with E-state index in [1.165, 1.54) is 36.8 Å². The van der Waals surface area contributed by atoms with Crippen molar-refractivity contribution < 1.29 is 4.74 Å². The molecule has 0 aromatic heterocycles. The standard InChI is InChI=1S/C18H28N2O/c1-2-20(17-10-6-4-7-14(17)11-19)18-13-21-12-15-8-3-5-9-16(15)18/h3,5,8-9,14,17-18H,2,4,6-7,10-13,19H2,1H3. The van der Waals surface area contributed by atoms with Gasteiger partial charge in [0.25, 0.3) is 0 Å². The third kappa shape index (κ3) is 3.01. The number of benzene rings is 1. The Labute approximate surface area is 128 Å². The Morgan fingerprint density at radius 3 is 2.86 bits per heavy atom. The highest BCUT2D eigenvalue weighted by Gasteiger charge is 2.35. The molecule has 3 nitrogen and oxygen atoms in total. The Hall–Kier alpha value is -0.900. The van der Waals surface area contributed by atoms with Crippen LogP contribution in [0.4, 0.5) is 0 Å². The predicted octanol–water partition coefficient (Wildman–Crippen LogP) is 3.10. The van der Waals surface area contributed by atoms with Crippen molar-refractivity contribution in [1.29, 1.82) is 0 Å². The first-order valence-electron chi connectivity index (χ1n) is 8.46. The summed E-state index contributed by atoms with van der Waals surface area (Å²) in [4.78, 5) is 2.66. The monoisotopic (exact) mass is 288 g/mol. The summed E-state index contributed by atoms with van der Waals surface area (Å²) in [6, 6.07) is 9.78. The van der Waals surface area contributed by atoms with Crippen LogP contribution in [0, 0.1) is 5.92 Å². The van der Waals surface area contributed by atoms with Gasteiger partial charge in [-0.15, -0.1) is 0 Å².